The van der Waals surface area contributed by atoms with Crippen molar-refractivity contribution in [2.75, 3.05) is 0 Å². The summed E-state index contributed by atoms with van der Waals surface area (Å²) in [5.74, 6) is 0. The maximum Gasteiger partial charge on any atom is 0.426 e. The zero-order chi connectivity index (χ0) is 9.97. The minimum atomic E-state index is -1.38. The number of rotatable bonds is 2. The summed E-state index contributed by atoms with van der Waals surface area (Å²) < 4.78 is 13.0. The molecule has 0 N–H and O–H groups in total. The van der Waals surface area contributed by atoms with Crippen LogP contribution in [0.25, 0.3) is 0 Å². The van der Waals surface area contributed by atoms with Gasteiger partial charge in [-0.2, -0.15) is 0 Å². The van der Waals surface area contributed by atoms with Gasteiger partial charge in [-0.25, -0.2) is 0 Å². The van der Waals surface area contributed by atoms with Gasteiger partial charge < -0.3 is 0 Å². The normalized spacial score (nSPS) is 11.4. The molecule has 3 heteroatoms. The SMILES string of the molecule is Cc1csc([P+](=O)c2ccccc2)c1. The van der Waals surface area contributed by atoms with Gasteiger partial charge in [0.05, 0.1) is 0 Å². The van der Waals surface area contributed by atoms with Gasteiger partial charge in [-0.1, -0.05) is 34.1 Å². The molecule has 0 amide bonds. The van der Waals surface area contributed by atoms with E-state index in [2.05, 4.69) is 0 Å². The third kappa shape index (κ3) is 1.92. The monoisotopic (exact) mass is 221 g/mol. The van der Waals surface area contributed by atoms with Gasteiger partial charge in [0.25, 0.3) is 0 Å². The molecule has 14 heavy (non-hydrogen) atoms. The molecule has 1 unspecified atom stereocenters. The summed E-state index contributed by atoms with van der Waals surface area (Å²) in [4.78, 5) is 0. The topological polar surface area (TPSA) is 17.1 Å². The molecule has 70 valence electrons. The molecular formula is C11H10OPS+. The maximum atomic E-state index is 12.0. The first kappa shape index (κ1) is 9.57. The summed E-state index contributed by atoms with van der Waals surface area (Å²) in [7, 11) is -1.38. The number of benzene rings is 1. The third-order valence-electron chi connectivity index (χ3n) is 1.91. The van der Waals surface area contributed by atoms with Gasteiger partial charge in [0.1, 0.15) is 0 Å². The molecule has 0 spiro atoms. The van der Waals surface area contributed by atoms with E-state index in [0.29, 0.717) is 0 Å². The summed E-state index contributed by atoms with van der Waals surface area (Å²) in [6, 6.07) is 11.6. The Kier molecular flexibility index (Phi) is 2.76. The highest BCUT2D eigenvalue weighted by Crippen LogP contribution is 2.23. The van der Waals surface area contributed by atoms with Crippen LogP contribution in [0.5, 0.6) is 0 Å². The van der Waals surface area contributed by atoms with Crippen molar-refractivity contribution in [2.45, 2.75) is 6.92 Å². The lowest BCUT2D eigenvalue weighted by molar-refractivity contribution is 0.598. The van der Waals surface area contributed by atoms with E-state index in [0.717, 1.165) is 9.92 Å². The second-order valence-electron chi connectivity index (χ2n) is 3.09. The molecule has 0 aliphatic rings. The Hall–Kier alpha value is -0.980. The van der Waals surface area contributed by atoms with Crippen LogP contribution in [0.4, 0.5) is 0 Å². The van der Waals surface area contributed by atoms with Gasteiger partial charge in [-0.3, -0.25) is 0 Å². The zero-order valence-corrected chi connectivity index (χ0v) is 9.52. The van der Waals surface area contributed by atoms with Gasteiger partial charge in [-0.15, -0.1) is 0 Å². The van der Waals surface area contributed by atoms with E-state index < -0.39 is 7.80 Å². The Balaban J connectivity index is 2.34. The van der Waals surface area contributed by atoms with Gasteiger partial charge in [0, 0.05) is 6.07 Å². The standard InChI is InChI=1S/C11H10OPS/c1-9-7-11(14-8-9)13(12)10-5-3-2-4-6-10/h2-8H,1H3/q+1. The quantitative estimate of drug-likeness (QED) is 0.713. The van der Waals surface area contributed by atoms with E-state index in [4.69, 9.17) is 0 Å². The second-order valence-corrected chi connectivity index (χ2v) is 5.89. The second kappa shape index (κ2) is 4.04. The van der Waals surface area contributed by atoms with Crippen molar-refractivity contribution < 1.29 is 4.57 Å². The minimum absolute atomic E-state index is 0.907. The van der Waals surface area contributed by atoms with Crippen molar-refractivity contribution in [1.29, 1.82) is 0 Å². The zero-order valence-electron chi connectivity index (χ0n) is 7.81. The van der Waals surface area contributed by atoms with Crippen LogP contribution in [0.15, 0.2) is 41.8 Å². The van der Waals surface area contributed by atoms with Crippen LogP contribution < -0.4 is 9.92 Å². The van der Waals surface area contributed by atoms with Crippen molar-refractivity contribution in [2.24, 2.45) is 0 Å². The minimum Gasteiger partial charge on any atom is -0.0959 e. The largest absolute Gasteiger partial charge is 0.426 e. The number of thiophene rings is 1. The van der Waals surface area contributed by atoms with Crippen LogP contribution in [-0.4, -0.2) is 0 Å². The Morgan fingerprint density at radius 1 is 1.21 bits per heavy atom. The first-order chi connectivity index (χ1) is 6.77. The molecule has 0 fully saturated rings. The first-order valence-corrected chi connectivity index (χ1v) is 6.49. The molecule has 2 aromatic rings. The maximum absolute atomic E-state index is 12.0. The molecule has 0 radical (unpaired) electrons. The first-order valence-electron chi connectivity index (χ1n) is 4.35. The third-order valence-corrected chi connectivity index (χ3v) is 4.87. The lowest BCUT2D eigenvalue weighted by Crippen LogP contribution is -2.01. The lowest BCUT2D eigenvalue weighted by atomic mass is 10.4. The van der Waals surface area contributed by atoms with Crippen molar-refractivity contribution in [3.8, 4) is 0 Å². The molecule has 0 saturated heterocycles. The van der Waals surface area contributed by atoms with Gasteiger partial charge in [-0.05, 0) is 30.0 Å². The summed E-state index contributed by atoms with van der Waals surface area (Å²) in [5.41, 5.74) is 1.18. The fourth-order valence-electron chi connectivity index (χ4n) is 1.21. The summed E-state index contributed by atoms with van der Waals surface area (Å²) in [6.07, 6.45) is 0. The highest BCUT2D eigenvalue weighted by Gasteiger charge is 2.24. The Labute approximate surface area is 88.2 Å². The predicted molar refractivity (Wildman–Crippen MR) is 62.4 cm³/mol. The summed E-state index contributed by atoms with van der Waals surface area (Å²) in [5, 5.41) is 2.94. The van der Waals surface area contributed by atoms with E-state index in [-0.39, 0.29) is 0 Å². The Morgan fingerprint density at radius 3 is 2.50 bits per heavy atom. The average Bonchev–Trinajstić information content (AvgIpc) is 2.65. The molecule has 1 aromatic heterocycles. The molecule has 0 bridgehead atoms. The van der Waals surface area contributed by atoms with Gasteiger partial charge >= 0.3 is 7.80 Å². The van der Waals surface area contributed by atoms with Crippen molar-refractivity contribution >= 4 is 29.1 Å². The van der Waals surface area contributed by atoms with Crippen LogP contribution in [-0.2, 0) is 4.57 Å². The Morgan fingerprint density at radius 2 is 1.93 bits per heavy atom. The van der Waals surface area contributed by atoms with E-state index in [1.54, 1.807) is 11.3 Å². The molecule has 1 nitrogen and oxygen atoms in total. The van der Waals surface area contributed by atoms with Crippen molar-refractivity contribution in [3.63, 3.8) is 0 Å². The number of hydrogen-bond donors (Lipinski definition) is 0. The molecule has 0 aliphatic carbocycles. The molecule has 0 saturated carbocycles. The fraction of sp³-hybridized carbons (Fsp3) is 0.0909. The summed E-state index contributed by atoms with van der Waals surface area (Å²) in [6.45, 7) is 2.02. The van der Waals surface area contributed by atoms with E-state index in [1.807, 2.05) is 48.7 Å². The van der Waals surface area contributed by atoms with Crippen molar-refractivity contribution in [3.05, 3.63) is 47.3 Å². The molecule has 1 atom stereocenters. The van der Waals surface area contributed by atoms with E-state index >= 15 is 0 Å². The van der Waals surface area contributed by atoms with Crippen LogP contribution in [0.1, 0.15) is 5.56 Å². The molecule has 1 heterocycles. The van der Waals surface area contributed by atoms with Crippen LogP contribution in [0.3, 0.4) is 0 Å². The number of aryl methyl sites for hydroxylation is 1. The van der Waals surface area contributed by atoms with E-state index in [9.17, 15) is 4.57 Å². The van der Waals surface area contributed by atoms with E-state index in [1.165, 1.54) is 5.56 Å². The molecule has 2 rings (SSSR count). The van der Waals surface area contributed by atoms with Crippen LogP contribution in [0.2, 0.25) is 0 Å². The smallest absolute Gasteiger partial charge is 0.0959 e. The molecular weight excluding hydrogens is 211 g/mol. The lowest BCUT2D eigenvalue weighted by Gasteiger charge is -1.83. The number of hydrogen-bond acceptors (Lipinski definition) is 2. The van der Waals surface area contributed by atoms with Crippen LogP contribution in [0, 0.1) is 6.92 Å². The van der Waals surface area contributed by atoms with Gasteiger partial charge in [0.2, 0.25) is 4.62 Å². The van der Waals surface area contributed by atoms with Crippen LogP contribution >= 0.6 is 19.1 Å². The highest BCUT2D eigenvalue weighted by atomic mass is 32.1. The predicted octanol–water partition coefficient (Wildman–Crippen LogP) is 2.83. The highest BCUT2D eigenvalue weighted by molar-refractivity contribution is 7.67. The Bertz CT molecular complexity index is 447. The molecule has 0 aliphatic heterocycles. The van der Waals surface area contributed by atoms with Crippen molar-refractivity contribution in [1.82, 2.24) is 0 Å². The fourth-order valence-corrected chi connectivity index (χ4v) is 3.72. The summed E-state index contributed by atoms with van der Waals surface area (Å²) >= 11 is 1.57. The van der Waals surface area contributed by atoms with Gasteiger partial charge in [0.15, 0.2) is 5.30 Å². The molecule has 1 aromatic carbocycles. The average molecular weight is 221 g/mol.